The number of nitrogens with two attached hydrogens (primary N) is 2. The predicted octanol–water partition coefficient (Wildman–Crippen LogP) is 2.24. The molecule has 0 saturated heterocycles. The van der Waals surface area contributed by atoms with Crippen molar-refractivity contribution in [3.8, 4) is 11.1 Å². The largest absolute Gasteiger partial charge is 0.384 e. The van der Waals surface area contributed by atoms with Gasteiger partial charge in [0.1, 0.15) is 6.10 Å². The summed E-state index contributed by atoms with van der Waals surface area (Å²) in [6.07, 6.45) is -0.819. The molecule has 1 aliphatic carbocycles. The summed E-state index contributed by atoms with van der Waals surface area (Å²) >= 11 is 5.96. The molecule has 1 amide bonds. The Labute approximate surface area is 138 Å². The topological polar surface area (TPSA) is 102 Å². The van der Waals surface area contributed by atoms with Crippen LogP contribution in [0.1, 0.15) is 27.6 Å². The average Bonchev–Trinajstić information content (AvgIpc) is 2.71. The highest BCUT2D eigenvalue weighted by molar-refractivity contribution is 6.30. The van der Waals surface area contributed by atoms with Crippen LogP contribution in [0.3, 0.4) is 0 Å². The number of carbonyl (C=O) groups excluding carboxylic acids is 1. The molecule has 114 valence electrons. The molecular formula is C15H13Cl2N3O2. The maximum atomic E-state index is 11.8. The van der Waals surface area contributed by atoms with Crippen LogP contribution in [0, 0.1) is 0 Å². The van der Waals surface area contributed by atoms with E-state index in [0.717, 1.165) is 16.7 Å². The molecule has 22 heavy (non-hydrogen) atoms. The van der Waals surface area contributed by atoms with E-state index >= 15 is 0 Å². The van der Waals surface area contributed by atoms with E-state index in [1.54, 1.807) is 30.3 Å². The quantitative estimate of drug-likeness (QED) is 0.548. The van der Waals surface area contributed by atoms with Gasteiger partial charge >= 0.3 is 0 Å². The lowest BCUT2D eigenvalue weighted by molar-refractivity contribution is 0.100. The molecule has 0 aromatic heterocycles. The third kappa shape index (κ3) is 2.66. The van der Waals surface area contributed by atoms with Gasteiger partial charge in [0.05, 0.1) is 0 Å². The molecule has 5 N–H and O–H groups in total. The van der Waals surface area contributed by atoms with E-state index in [-0.39, 0.29) is 18.4 Å². The van der Waals surface area contributed by atoms with Crippen molar-refractivity contribution in [1.82, 2.24) is 0 Å². The van der Waals surface area contributed by atoms with Gasteiger partial charge < -0.3 is 16.6 Å². The van der Waals surface area contributed by atoms with E-state index in [1.165, 1.54) is 0 Å². The normalized spacial score (nSPS) is 14.5. The Morgan fingerprint density at radius 3 is 2.32 bits per heavy atom. The Balaban J connectivity index is 0.00000176. The zero-order valence-corrected chi connectivity index (χ0v) is 12.9. The van der Waals surface area contributed by atoms with Gasteiger partial charge in [0, 0.05) is 10.6 Å². The number of carbonyl (C=O) groups is 1. The van der Waals surface area contributed by atoms with E-state index in [4.69, 9.17) is 23.1 Å². The lowest BCUT2D eigenvalue weighted by Gasteiger charge is -2.06. The molecule has 5 nitrogen and oxygen atoms in total. The summed E-state index contributed by atoms with van der Waals surface area (Å²) in [6, 6.07) is 10.3. The first-order valence-electron chi connectivity index (χ1n) is 6.23. The Morgan fingerprint density at radius 2 is 1.68 bits per heavy atom. The Hall–Kier alpha value is -2.08. The van der Waals surface area contributed by atoms with Gasteiger partial charge in [0.25, 0.3) is 5.91 Å². The second-order valence-corrected chi connectivity index (χ2v) is 5.21. The molecule has 1 atom stereocenters. The number of amides is 1. The van der Waals surface area contributed by atoms with Crippen LogP contribution in [0.15, 0.2) is 41.4 Å². The summed E-state index contributed by atoms with van der Waals surface area (Å²) in [4.78, 5) is 15.3. The zero-order valence-electron chi connectivity index (χ0n) is 11.3. The number of hydrogen-bond acceptors (Lipinski definition) is 2. The van der Waals surface area contributed by atoms with Gasteiger partial charge in [-0.2, -0.15) is 4.99 Å². The molecule has 0 aliphatic heterocycles. The molecule has 0 saturated carbocycles. The SMILES string of the molecule is Cl.NC(N)=NC(=O)c1ccc2c(c1)C(O)c1cc(Cl)ccc1-2. The fourth-order valence-electron chi connectivity index (χ4n) is 2.52. The summed E-state index contributed by atoms with van der Waals surface area (Å²) in [6.45, 7) is 0. The van der Waals surface area contributed by atoms with Crippen LogP contribution in [0.4, 0.5) is 0 Å². The lowest BCUT2D eigenvalue weighted by atomic mass is 10.0. The van der Waals surface area contributed by atoms with Gasteiger partial charge in [-0.3, -0.25) is 4.79 Å². The number of rotatable bonds is 1. The van der Waals surface area contributed by atoms with Crippen molar-refractivity contribution in [3.63, 3.8) is 0 Å². The first kappa shape index (κ1) is 16.3. The minimum atomic E-state index is -0.819. The van der Waals surface area contributed by atoms with Crippen molar-refractivity contribution in [2.75, 3.05) is 0 Å². The molecule has 0 spiro atoms. The summed E-state index contributed by atoms with van der Waals surface area (Å²) in [7, 11) is 0. The number of aliphatic hydroxyl groups is 1. The van der Waals surface area contributed by atoms with Crippen molar-refractivity contribution >= 4 is 35.9 Å². The summed E-state index contributed by atoms with van der Waals surface area (Å²) in [5, 5.41) is 10.9. The van der Waals surface area contributed by atoms with Gasteiger partial charge in [-0.05, 0) is 46.5 Å². The first-order chi connectivity index (χ1) is 9.97. The van der Waals surface area contributed by atoms with Crippen LogP contribution in [0.2, 0.25) is 5.02 Å². The van der Waals surface area contributed by atoms with Crippen molar-refractivity contribution in [2.24, 2.45) is 16.5 Å². The predicted molar refractivity (Wildman–Crippen MR) is 88.3 cm³/mol. The van der Waals surface area contributed by atoms with Crippen molar-refractivity contribution in [2.45, 2.75) is 6.10 Å². The highest BCUT2D eigenvalue weighted by Gasteiger charge is 2.28. The molecule has 7 heteroatoms. The number of fused-ring (bicyclic) bond motifs is 3. The number of hydrogen-bond donors (Lipinski definition) is 3. The fraction of sp³-hybridized carbons (Fsp3) is 0.0667. The Kier molecular flexibility index (Phi) is 4.42. The molecule has 1 aliphatic rings. The van der Waals surface area contributed by atoms with Gasteiger partial charge in [-0.1, -0.05) is 23.7 Å². The van der Waals surface area contributed by atoms with Crippen molar-refractivity contribution in [3.05, 3.63) is 58.1 Å². The number of guanidine groups is 1. The number of aliphatic imine (C=N–C) groups is 1. The van der Waals surface area contributed by atoms with E-state index < -0.39 is 12.0 Å². The van der Waals surface area contributed by atoms with Crippen LogP contribution in [-0.4, -0.2) is 17.0 Å². The van der Waals surface area contributed by atoms with E-state index in [2.05, 4.69) is 4.99 Å². The molecular weight excluding hydrogens is 325 g/mol. The van der Waals surface area contributed by atoms with Crippen LogP contribution < -0.4 is 11.5 Å². The highest BCUT2D eigenvalue weighted by atomic mass is 35.5. The van der Waals surface area contributed by atoms with Crippen LogP contribution >= 0.6 is 24.0 Å². The third-order valence-corrected chi connectivity index (χ3v) is 3.66. The number of nitrogens with zero attached hydrogens (tertiary/aromatic N) is 1. The van der Waals surface area contributed by atoms with Crippen LogP contribution in [0.25, 0.3) is 11.1 Å². The molecule has 0 radical (unpaired) electrons. The second-order valence-electron chi connectivity index (χ2n) is 4.78. The number of halogens is 2. The van der Waals surface area contributed by atoms with Crippen LogP contribution in [-0.2, 0) is 0 Å². The molecule has 2 aromatic carbocycles. The van der Waals surface area contributed by atoms with Gasteiger partial charge in [0.2, 0.25) is 0 Å². The van der Waals surface area contributed by atoms with E-state index in [1.807, 2.05) is 6.07 Å². The van der Waals surface area contributed by atoms with Crippen molar-refractivity contribution in [1.29, 1.82) is 0 Å². The zero-order chi connectivity index (χ0) is 15.1. The van der Waals surface area contributed by atoms with E-state index in [9.17, 15) is 9.90 Å². The highest BCUT2D eigenvalue weighted by Crippen LogP contribution is 2.44. The molecule has 0 bridgehead atoms. The minimum Gasteiger partial charge on any atom is -0.384 e. The smallest absolute Gasteiger partial charge is 0.280 e. The maximum absolute atomic E-state index is 11.8. The average molecular weight is 338 g/mol. The molecule has 1 unspecified atom stereocenters. The monoisotopic (exact) mass is 337 g/mol. The molecule has 3 rings (SSSR count). The van der Waals surface area contributed by atoms with Gasteiger partial charge in [0.15, 0.2) is 5.96 Å². The van der Waals surface area contributed by atoms with Crippen molar-refractivity contribution < 1.29 is 9.90 Å². The summed E-state index contributed by atoms with van der Waals surface area (Å²) < 4.78 is 0. The third-order valence-electron chi connectivity index (χ3n) is 3.42. The van der Waals surface area contributed by atoms with Crippen LogP contribution in [0.5, 0.6) is 0 Å². The molecule has 2 aromatic rings. The first-order valence-corrected chi connectivity index (χ1v) is 6.61. The second kappa shape index (κ2) is 5.96. The fourth-order valence-corrected chi connectivity index (χ4v) is 2.70. The number of aliphatic hydroxyl groups excluding tert-OH is 1. The lowest BCUT2D eigenvalue weighted by Crippen LogP contribution is -2.24. The maximum Gasteiger partial charge on any atom is 0.280 e. The molecule has 0 heterocycles. The standard InChI is InChI=1S/C15H12ClN3O2.ClH/c16-8-2-4-10-9-3-1-7(14(21)19-15(17)18)5-11(9)13(20)12(10)6-8;/h1-6,13,20H,(H4,17,18,19,21);1H. The minimum absolute atomic E-state index is 0. The number of benzene rings is 2. The molecule has 0 fully saturated rings. The summed E-state index contributed by atoms with van der Waals surface area (Å²) in [5.74, 6) is -0.838. The van der Waals surface area contributed by atoms with Gasteiger partial charge in [-0.25, -0.2) is 0 Å². The summed E-state index contributed by atoms with van der Waals surface area (Å²) in [5.41, 5.74) is 13.9. The Morgan fingerprint density at radius 1 is 1.09 bits per heavy atom. The van der Waals surface area contributed by atoms with E-state index in [0.29, 0.717) is 16.1 Å². The van der Waals surface area contributed by atoms with Gasteiger partial charge in [-0.15, -0.1) is 12.4 Å². The Bertz CT molecular complexity index is 786.